The zero-order valence-electron chi connectivity index (χ0n) is 17.2. The van der Waals surface area contributed by atoms with Crippen molar-refractivity contribution in [2.24, 2.45) is 0 Å². The quantitative estimate of drug-likeness (QED) is 0.492. The summed E-state index contributed by atoms with van der Waals surface area (Å²) in [5.41, 5.74) is 2.82. The SMILES string of the molecule is CC(c1ccc2c(c1)Nc1ccccc1S2)S(=O)(=O)N1CCN(c2ccccn2)CC1. The van der Waals surface area contributed by atoms with Gasteiger partial charge in [0, 0.05) is 42.2 Å². The molecule has 2 aliphatic heterocycles. The van der Waals surface area contributed by atoms with Crippen molar-refractivity contribution >= 4 is 39.0 Å². The third-order valence-electron chi connectivity index (χ3n) is 5.87. The number of anilines is 3. The fraction of sp³-hybridized carbons (Fsp3) is 0.261. The number of para-hydroxylation sites is 1. The number of benzene rings is 2. The van der Waals surface area contributed by atoms with Crippen LogP contribution in [0.4, 0.5) is 17.2 Å². The summed E-state index contributed by atoms with van der Waals surface area (Å²) in [6.45, 7) is 4.00. The van der Waals surface area contributed by atoms with Crippen LogP contribution in [0.5, 0.6) is 0 Å². The largest absolute Gasteiger partial charge is 0.354 e. The summed E-state index contributed by atoms with van der Waals surface area (Å²) in [5.74, 6) is 0.895. The van der Waals surface area contributed by atoms with E-state index in [1.807, 2.05) is 54.6 Å². The van der Waals surface area contributed by atoms with Crippen LogP contribution in [0, 0.1) is 0 Å². The van der Waals surface area contributed by atoms with Gasteiger partial charge in [0.2, 0.25) is 10.0 Å². The molecule has 0 bridgehead atoms. The molecule has 0 amide bonds. The lowest BCUT2D eigenvalue weighted by atomic mass is 10.1. The molecule has 1 unspecified atom stereocenters. The highest BCUT2D eigenvalue weighted by molar-refractivity contribution is 7.99. The highest BCUT2D eigenvalue weighted by Crippen LogP contribution is 2.45. The van der Waals surface area contributed by atoms with Crippen molar-refractivity contribution in [3.63, 3.8) is 0 Å². The average molecular weight is 453 g/mol. The number of hydrogen-bond acceptors (Lipinski definition) is 6. The Kier molecular flexibility index (Phi) is 5.37. The second-order valence-electron chi connectivity index (χ2n) is 7.74. The predicted molar refractivity (Wildman–Crippen MR) is 126 cm³/mol. The molecule has 1 N–H and O–H groups in total. The number of rotatable bonds is 4. The number of hydrogen-bond donors (Lipinski definition) is 1. The Morgan fingerprint density at radius 1 is 0.935 bits per heavy atom. The third-order valence-corrected chi connectivity index (χ3v) is 9.27. The fourth-order valence-electron chi connectivity index (χ4n) is 4.02. The van der Waals surface area contributed by atoms with Crippen LogP contribution in [0.15, 0.2) is 76.7 Å². The molecule has 2 aliphatic rings. The van der Waals surface area contributed by atoms with Gasteiger partial charge in [0.05, 0.1) is 16.6 Å². The van der Waals surface area contributed by atoms with E-state index < -0.39 is 15.3 Å². The Hall–Kier alpha value is -2.55. The predicted octanol–water partition coefficient (Wildman–Crippen LogP) is 4.50. The molecule has 6 nitrogen and oxygen atoms in total. The van der Waals surface area contributed by atoms with E-state index in [0.717, 1.165) is 27.7 Å². The molecule has 31 heavy (non-hydrogen) atoms. The average Bonchev–Trinajstić information content (AvgIpc) is 2.82. The number of nitrogens with zero attached hydrogens (tertiary/aromatic N) is 3. The third kappa shape index (κ3) is 3.91. The van der Waals surface area contributed by atoms with Gasteiger partial charge in [-0.05, 0) is 48.9 Å². The number of piperazine rings is 1. The van der Waals surface area contributed by atoms with Crippen LogP contribution in [0.1, 0.15) is 17.7 Å². The molecule has 2 aromatic carbocycles. The van der Waals surface area contributed by atoms with Gasteiger partial charge in [-0.2, -0.15) is 4.31 Å². The van der Waals surface area contributed by atoms with Crippen LogP contribution in [0.25, 0.3) is 0 Å². The van der Waals surface area contributed by atoms with Crippen LogP contribution >= 0.6 is 11.8 Å². The Morgan fingerprint density at radius 3 is 2.45 bits per heavy atom. The maximum atomic E-state index is 13.4. The normalized spacial score (nSPS) is 17.4. The standard InChI is InChI=1S/C23H24N4O2S2/c1-17(18-9-10-22-20(16-18)25-19-6-2-3-7-21(19)30-22)31(28,29)27-14-12-26(13-15-27)23-8-4-5-11-24-23/h2-11,16-17,25H,12-15H2,1H3. The number of aromatic nitrogens is 1. The second kappa shape index (κ2) is 8.18. The Labute approximate surface area is 187 Å². The molecule has 1 aromatic heterocycles. The van der Waals surface area contributed by atoms with Crippen molar-refractivity contribution in [3.05, 3.63) is 72.4 Å². The van der Waals surface area contributed by atoms with Crippen molar-refractivity contribution in [1.29, 1.82) is 0 Å². The molecule has 3 aromatic rings. The van der Waals surface area contributed by atoms with Gasteiger partial charge in [-0.25, -0.2) is 13.4 Å². The number of nitrogens with one attached hydrogen (secondary N) is 1. The lowest BCUT2D eigenvalue weighted by Crippen LogP contribution is -2.49. The minimum Gasteiger partial charge on any atom is -0.354 e. The minimum atomic E-state index is -3.46. The number of pyridine rings is 1. The summed E-state index contributed by atoms with van der Waals surface area (Å²) >= 11 is 1.70. The first-order chi connectivity index (χ1) is 15.0. The summed E-state index contributed by atoms with van der Waals surface area (Å²) in [5, 5.41) is 2.84. The van der Waals surface area contributed by atoms with E-state index in [0.29, 0.717) is 26.2 Å². The van der Waals surface area contributed by atoms with Gasteiger partial charge in [-0.3, -0.25) is 0 Å². The molecule has 8 heteroatoms. The molecule has 1 atom stereocenters. The Morgan fingerprint density at radius 2 is 1.68 bits per heavy atom. The lowest BCUT2D eigenvalue weighted by Gasteiger charge is -2.36. The van der Waals surface area contributed by atoms with Crippen molar-refractivity contribution in [1.82, 2.24) is 9.29 Å². The van der Waals surface area contributed by atoms with Crippen LogP contribution in [0.2, 0.25) is 0 Å². The van der Waals surface area contributed by atoms with E-state index in [-0.39, 0.29) is 0 Å². The molecule has 5 rings (SSSR count). The maximum Gasteiger partial charge on any atom is 0.221 e. The van der Waals surface area contributed by atoms with Crippen LogP contribution in [0.3, 0.4) is 0 Å². The van der Waals surface area contributed by atoms with Crippen molar-refractivity contribution in [3.8, 4) is 0 Å². The van der Waals surface area contributed by atoms with Crippen LogP contribution in [-0.4, -0.2) is 43.9 Å². The molecular formula is C23H24N4O2S2. The number of fused-ring (bicyclic) bond motifs is 2. The number of sulfonamides is 1. The van der Waals surface area contributed by atoms with E-state index in [1.165, 1.54) is 4.90 Å². The topological polar surface area (TPSA) is 65.5 Å². The lowest BCUT2D eigenvalue weighted by molar-refractivity contribution is 0.379. The first-order valence-electron chi connectivity index (χ1n) is 10.4. The van der Waals surface area contributed by atoms with E-state index in [1.54, 1.807) is 29.2 Å². The summed E-state index contributed by atoms with van der Waals surface area (Å²) in [6.07, 6.45) is 1.77. The molecule has 0 aliphatic carbocycles. The van der Waals surface area contributed by atoms with E-state index in [4.69, 9.17) is 0 Å². The molecule has 160 valence electrons. The fourth-order valence-corrected chi connectivity index (χ4v) is 6.60. The molecule has 0 spiro atoms. The second-order valence-corrected chi connectivity index (χ2v) is 11.1. The molecule has 0 radical (unpaired) electrons. The molecule has 0 saturated carbocycles. The highest BCUT2D eigenvalue weighted by Gasteiger charge is 2.33. The molecule has 1 fully saturated rings. The van der Waals surface area contributed by atoms with Crippen LogP contribution < -0.4 is 10.2 Å². The van der Waals surface area contributed by atoms with E-state index >= 15 is 0 Å². The van der Waals surface area contributed by atoms with E-state index in [2.05, 4.69) is 21.3 Å². The Balaban J connectivity index is 1.32. The minimum absolute atomic E-state index is 0.468. The smallest absolute Gasteiger partial charge is 0.221 e. The molecule has 1 saturated heterocycles. The first-order valence-corrected chi connectivity index (χ1v) is 12.7. The van der Waals surface area contributed by atoms with Crippen LogP contribution in [-0.2, 0) is 10.0 Å². The van der Waals surface area contributed by atoms with Gasteiger partial charge in [0.1, 0.15) is 5.82 Å². The van der Waals surface area contributed by atoms with Crippen molar-refractivity contribution in [2.45, 2.75) is 22.0 Å². The highest BCUT2D eigenvalue weighted by atomic mass is 32.2. The summed E-state index contributed by atoms with van der Waals surface area (Å²) in [4.78, 5) is 8.79. The summed E-state index contributed by atoms with van der Waals surface area (Å²) < 4.78 is 28.3. The zero-order chi connectivity index (χ0) is 21.4. The van der Waals surface area contributed by atoms with E-state index in [9.17, 15) is 8.42 Å². The summed E-state index contributed by atoms with van der Waals surface area (Å²) in [6, 6.07) is 19.9. The summed E-state index contributed by atoms with van der Waals surface area (Å²) in [7, 11) is -3.46. The first kappa shape index (κ1) is 20.4. The van der Waals surface area contributed by atoms with Gasteiger partial charge < -0.3 is 10.2 Å². The maximum absolute atomic E-state index is 13.4. The van der Waals surface area contributed by atoms with Crippen molar-refractivity contribution in [2.75, 3.05) is 36.4 Å². The van der Waals surface area contributed by atoms with Gasteiger partial charge >= 0.3 is 0 Å². The van der Waals surface area contributed by atoms with Gasteiger partial charge in [0.15, 0.2) is 0 Å². The van der Waals surface area contributed by atoms with Crippen molar-refractivity contribution < 1.29 is 8.42 Å². The molecule has 3 heterocycles. The van der Waals surface area contributed by atoms with Gasteiger partial charge in [-0.1, -0.05) is 36.0 Å². The molecular weight excluding hydrogens is 428 g/mol. The van der Waals surface area contributed by atoms with Gasteiger partial charge in [0.25, 0.3) is 0 Å². The zero-order valence-corrected chi connectivity index (χ0v) is 18.9. The Bertz CT molecular complexity index is 1190. The van der Waals surface area contributed by atoms with Gasteiger partial charge in [-0.15, -0.1) is 0 Å². The monoisotopic (exact) mass is 452 g/mol.